The number of aryl methyl sites for hydroxylation is 1. The van der Waals surface area contributed by atoms with Gasteiger partial charge in [0.2, 0.25) is 0 Å². The molecule has 0 aliphatic rings. The van der Waals surface area contributed by atoms with Gasteiger partial charge in [0.05, 0.1) is 17.3 Å². The maximum atomic E-state index is 12.4. The van der Waals surface area contributed by atoms with Crippen molar-refractivity contribution >= 4 is 38.0 Å². The molecule has 4 N–H and O–H groups in total. The summed E-state index contributed by atoms with van der Waals surface area (Å²) in [7, 11) is -3.63. The van der Waals surface area contributed by atoms with Crippen molar-refractivity contribution < 1.29 is 18.3 Å². The Labute approximate surface area is 196 Å². The van der Waals surface area contributed by atoms with Gasteiger partial charge in [0.1, 0.15) is 16.6 Å². The first-order chi connectivity index (χ1) is 16.0. The van der Waals surface area contributed by atoms with E-state index in [1.807, 2.05) is 18.2 Å². The van der Waals surface area contributed by atoms with Gasteiger partial charge in [-0.2, -0.15) is 5.10 Å². The minimum absolute atomic E-state index is 0.243. The lowest BCUT2D eigenvalue weighted by Gasteiger charge is -2.14. The molecule has 0 amide bonds. The number of thiophene rings is 1. The number of aromatic nitrogens is 2. The number of rotatable bonds is 11. The van der Waals surface area contributed by atoms with E-state index in [0.29, 0.717) is 30.9 Å². The van der Waals surface area contributed by atoms with E-state index in [1.54, 1.807) is 41.8 Å². The number of nitrogens with one attached hydrogen (secondary N) is 3. The van der Waals surface area contributed by atoms with Gasteiger partial charge in [-0.15, -0.1) is 11.3 Å². The molecule has 2 aromatic carbocycles. The standard InChI is InChI=1S/C23H26N4O4S2/c1-2-20-19-9-8-18(14-21(19)26-25-20)31-11-10-24-15-22(28)16-5-3-6-17(13-16)27-33(29,30)23-7-4-12-32-23/h3-9,12-14,22,24,27-28H,2,10-11,15H2,1H3,(H,25,26). The van der Waals surface area contributed by atoms with Gasteiger partial charge < -0.3 is 15.2 Å². The minimum atomic E-state index is -3.63. The molecule has 1 unspecified atom stereocenters. The second kappa shape index (κ2) is 10.3. The molecule has 33 heavy (non-hydrogen) atoms. The van der Waals surface area contributed by atoms with Gasteiger partial charge in [0.15, 0.2) is 0 Å². The average Bonchev–Trinajstić information content (AvgIpc) is 3.49. The summed E-state index contributed by atoms with van der Waals surface area (Å²) in [5, 5.41) is 23.8. The van der Waals surface area contributed by atoms with Crippen LogP contribution < -0.4 is 14.8 Å². The van der Waals surface area contributed by atoms with Crippen LogP contribution in [0.1, 0.15) is 24.3 Å². The molecule has 8 nitrogen and oxygen atoms in total. The number of H-pyrrole nitrogens is 1. The lowest BCUT2D eigenvalue weighted by Crippen LogP contribution is -2.26. The fraction of sp³-hybridized carbons (Fsp3) is 0.261. The van der Waals surface area contributed by atoms with E-state index in [-0.39, 0.29) is 4.21 Å². The number of sulfonamides is 1. The maximum Gasteiger partial charge on any atom is 0.271 e. The van der Waals surface area contributed by atoms with Crippen LogP contribution in [0.5, 0.6) is 5.75 Å². The number of hydrogen-bond donors (Lipinski definition) is 4. The summed E-state index contributed by atoms with van der Waals surface area (Å²) in [4.78, 5) is 0. The average molecular weight is 487 g/mol. The molecular weight excluding hydrogens is 460 g/mol. The summed E-state index contributed by atoms with van der Waals surface area (Å²) in [6.45, 7) is 3.36. The number of ether oxygens (including phenoxy) is 1. The molecule has 0 bridgehead atoms. The lowest BCUT2D eigenvalue weighted by molar-refractivity contribution is 0.172. The molecule has 0 radical (unpaired) electrons. The normalized spacial score (nSPS) is 12.7. The highest BCUT2D eigenvalue weighted by Crippen LogP contribution is 2.23. The van der Waals surface area contributed by atoms with Crippen LogP contribution in [0.4, 0.5) is 5.69 Å². The zero-order chi connectivity index (χ0) is 23.3. The number of hydrogen-bond acceptors (Lipinski definition) is 7. The Kier molecular flexibility index (Phi) is 7.29. The topological polar surface area (TPSA) is 116 Å². The second-order valence-electron chi connectivity index (χ2n) is 7.46. The zero-order valence-electron chi connectivity index (χ0n) is 18.1. The number of aromatic amines is 1. The van der Waals surface area contributed by atoms with Gasteiger partial charge in [-0.3, -0.25) is 9.82 Å². The first-order valence-electron chi connectivity index (χ1n) is 10.6. The van der Waals surface area contributed by atoms with E-state index in [0.717, 1.165) is 40.1 Å². The molecule has 4 rings (SSSR count). The van der Waals surface area contributed by atoms with E-state index in [2.05, 4.69) is 27.2 Å². The molecule has 1 atom stereocenters. The van der Waals surface area contributed by atoms with Crippen molar-refractivity contribution in [1.82, 2.24) is 15.5 Å². The van der Waals surface area contributed by atoms with Crippen LogP contribution in [-0.4, -0.2) is 43.4 Å². The summed E-state index contributed by atoms with van der Waals surface area (Å²) < 4.78 is 33.4. The maximum absolute atomic E-state index is 12.4. The van der Waals surface area contributed by atoms with Gasteiger partial charge in [-0.1, -0.05) is 25.1 Å². The predicted octanol–water partition coefficient (Wildman–Crippen LogP) is 3.69. The molecule has 0 spiro atoms. The molecule has 174 valence electrons. The molecule has 0 saturated carbocycles. The Morgan fingerprint density at radius 3 is 2.85 bits per heavy atom. The Balaban J connectivity index is 1.25. The summed E-state index contributed by atoms with van der Waals surface area (Å²) in [5.74, 6) is 0.752. The van der Waals surface area contributed by atoms with Crippen molar-refractivity contribution in [3.8, 4) is 5.75 Å². The largest absolute Gasteiger partial charge is 0.492 e. The Hall–Kier alpha value is -2.92. The van der Waals surface area contributed by atoms with Crippen molar-refractivity contribution in [1.29, 1.82) is 0 Å². The number of fused-ring (bicyclic) bond motifs is 1. The van der Waals surface area contributed by atoms with Crippen LogP contribution in [0.25, 0.3) is 10.9 Å². The number of aliphatic hydroxyl groups excluding tert-OH is 1. The fourth-order valence-electron chi connectivity index (χ4n) is 3.44. The second-order valence-corrected chi connectivity index (χ2v) is 10.3. The van der Waals surface area contributed by atoms with Crippen LogP contribution in [0, 0.1) is 0 Å². The van der Waals surface area contributed by atoms with Crippen LogP contribution >= 0.6 is 11.3 Å². The monoisotopic (exact) mass is 486 g/mol. The van der Waals surface area contributed by atoms with E-state index >= 15 is 0 Å². The number of anilines is 1. The quantitative estimate of drug-likeness (QED) is 0.240. The van der Waals surface area contributed by atoms with Gasteiger partial charge in [0.25, 0.3) is 10.0 Å². The predicted molar refractivity (Wildman–Crippen MR) is 130 cm³/mol. The SMILES string of the molecule is CCc1n[nH]c2cc(OCCNCC(O)c3cccc(NS(=O)(=O)c4cccs4)c3)ccc12. The molecule has 10 heteroatoms. The number of nitrogens with zero attached hydrogens (tertiary/aromatic N) is 1. The Bertz CT molecular complexity index is 1300. The van der Waals surface area contributed by atoms with Crippen molar-refractivity contribution in [3.63, 3.8) is 0 Å². The van der Waals surface area contributed by atoms with E-state index in [4.69, 9.17) is 4.74 Å². The molecule has 0 saturated heterocycles. The molecule has 0 aliphatic heterocycles. The number of aliphatic hydroxyl groups is 1. The third-order valence-corrected chi connectivity index (χ3v) is 7.90. The Morgan fingerprint density at radius 1 is 1.18 bits per heavy atom. The van der Waals surface area contributed by atoms with Crippen molar-refractivity contribution in [2.24, 2.45) is 0 Å². The molecule has 2 heterocycles. The fourth-order valence-corrected chi connectivity index (χ4v) is 5.49. The highest BCUT2D eigenvalue weighted by atomic mass is 32.2. The summed E-state index contributed by atoms with van der Waals surface area (Å²) >= 11 is 1.15. The van der Waals surface area contributed by atoms with Crippen molar-refractivity contribution in [3.05, 3.63) is 71.2 Å². The molecular formula is C23H26N4O4S2. The third-order valence-electron chi connectivity index (χ3n) is 5.12. The summed E-state index contributed by atoms with van der Waals surface area (Å²) in [6.07, 6.45) is 0.0839. The summed E-state index contributed by atoms with van der Waals surface area (Å²) in [5.41, 5.74) is 3.01. The number of benzene rings is 2. The van der Waals surface area contributed by atoms with Crippen LogP contribution in [0.2, 0.25) is 0 Å². The lowest BCUT2D eigenvalue weighted by atomic mass is 10.1. The first-order valence-corrected chi connectivity index (χ1v) is 13.0. The molecule has 0 fully saturated rings. The van der Waals surface area contributed by atoms with Crippen LogP contribution in [0.3, 0.4) is 0 Å². The summed E-state index contributed by atoms with van der Waals surface area (Å²) in [6, 6.07) is 15.9. The highest BCUT2D eigenvalue weighted by molar-refractivity contribution is 7.94. The van der Waals surface area contributed by atoms with E-state index in [9.17, 15) is 13.5 Å². The van der Waals surface area contributed by atoms with Crippen molar-refractivity contribution in [2.75, 3.05) is 24.4 Å². The van der Waals surface area contributed by atoms with E-state index < -0.39 is 16.1 Å². The van der Waals surface area contributed by atoms with Crippen molar-refractivity contribution in [2.45, 2.75) is 23.7 Å². The third kappa shape index (κ3) is 5.72. The van der Waals surface area contributed by atoms with E-state index in [1.165, 1.54) is 0 Å². The van der Waals surface area contributed by atoms with Gasteiger partial charge in [-0.05, 0) is 47.7 Å². The highest BCUT2D eigenvalue weighted by Gasteiger charge is 2.16. The molecule has 2 aromatic heterocycles. The molecule has 4 aromatic rings. The van der Waals surface area contributed by atoms with Gasteiger partial charge in [0, 0.05) is 30.2 Å². The first kappa shape index (κ1) is 23.2. The van der Waals surface area contributed by atoms with Gasteiger partial charge >= 0.3 is 0 Å². The zero-order valence-corrected chi connectivity index (χ0v) is 19.7. The minimum Gasteiger partial charge on any atom is -0.492 e. The van der Waals surface area contributed by atoms with Crippen LogP contribution in [0.15, 0.2) is 64.2 Å². The Morgan fingerprint density at radius 2 is 2.06 bits per heavy atom. The van der Waals surface area contributed by atoms with Crippen LogP contribution in [-0.2, 0) is 16.4 Å². The smallest absolute Gasteiger partial charge is 0.271 e. The van der Waals surface area contributed by atoms with Gasteiger partial charge in [-0.25, -0.2) is 8.42 Å². The molecule has 0 aliphatic carbocycles.